The van der Waals surface area contributed by atoms with Crippen LogP contribution in [0.4, 0.5) is 28.4 Å². The number of amides is 3. The Morgan fingerprint density at radius 1 is 0.978 bits per heavy atom. The summed E-state index contributed by atoms with van der Waals surface area (Å²) in [5.74, 6) is -1.97. The Kier molecular flexibility index (Phi) is 10.2. The summed E-state index contributed by atoms with van der Waals surface area (Å²) in [4.78, 5) is 54.8. The van der Waals surface area contributed by atoms with Crippen molar-refractivity contribution < 1.29 is 46.6 Å². The lowest BCUT2D eigenvalue weighted by molar-refractivity contribution is -0.148. The van der Waals surface area contributed by atoms with Gasteiger partial charge in [0.25, 0.3) is 0 Å². The molecule has 0 N–H and O–H groups in total. The van der Waals surface area contributed by atoms with Gasteiger partial charge < -0.3 is 14.2 Å². The highest BCUT2D eigenvalue weighted by molar-refractivity contribution is 6.09. The number of carbonyl (C=O) groups is 4. The molecule has 0 fully saturated rings. The number of halogens is 3. The summed E-state index contributed by atoms with van der Waals surface area (Å²) in [6.45, 7) is 3.47. The zero-order valence-corrected chi connectivity index (χ0v) is 24.3. The van der Waals surface area contributed by atoms with Gasteiger partial charge in [-0.25, -0.2) is 24.1 Å². The van der Waals surface area contributed by atoms with Crippen molar-refractivity contribution in [1.82, 2.24) is 4.90 Å². The van der Waals surface area contributed by atoms with Crippen LogP contribution in [0.2, 0.25) is 0 Å². The minimum Gasteiger partial charge on any atom is -0.458 e. The molecule has 1 heterocycles. The lowest BCUT2D eigenvalue weighted by Crippen LogP contribution is -2.53. The van der Waals surface area contributed by atoms with E-state index in [0.29, 0.717) is 16.5 Å². The molecule has 46 heavy (non-hydrogen) atoms. The lowest BCUT2D eigenvalue weighted by Gasteiger charge is -2.41. The fourth-order valence-corrected chi connectivity index (χ4v) is 4.62. The van der Waals surface area contributed by atoms with Crippen molar-refractivity contribution in [2.45, 2.75) is 25.7 Å². The number of hydrogen-bond donors (Lipinski definition) is 0. The minimum atomic E-state index is -4.78. The Bertz CT molecular complexity index is 1710. The van der Waals surface area contributed by atoms with Gasteiger partial charge in [-0.05, 0) is 48.4 Å². The van der Waals surface area contributed by atoms with Crippen LogP contribution in [0.15, 0.2) is 103 Å². The number of imide groups is 1. The van der Waals surface area contributed by atoms with Crippen LogP contribution in [0.5, 0.6) is 0 Å². The van der Waals surface area contributed by atoms with Crippen LogP contribution in [0.3, 0.4) is 0 Å². The van der Waals surface area contributed by atoms with Crippen molar-refractivity contribution >= 4 is 29.8 Å². The Labute approximate surface area is 261 Å². The average molecular weight is 634 g/mol. The zero-order chi connectivity index (χ0) is 33.4. The first-order chi connectivity index (χ1) is 22.0. The number of nitriles is 1. The number of alkyl halides is 3. The fourth-order valence-electron chi connectivity index (χ4n) is 4.62. The number of ether oxygens (including phenoxy) is 3. The van der Waals surface area contributed by atoms with E-state index in [1.807, 2.05) is 6.07 Å². The second kappa shape index (κ2) is 14.3. The number of urea groups is 1. The van der Waals surface area contributed by atoms with Crippen molar-refractivity contribution in [1.29, 1.82) is 5.26 Å². The molecular weight excluding hydrogens is 607 g/mol. The van der Waals surface area contributed by atoms with Crippen LogP contribution in [-0.4, -0.2) is 42.2 Å². The normalized spacial score (nSPS) is 14.8. The highest BCUT2D eigenvalue weighted by Crippen LogP contribution is 2.41. The van der Waals surface area contributed by atoms with Gasteiger partial charge >= 0.3 is 30.2 Å². The molecule has 0 radical (unpaired) electrons. The third-order valence-electron chi connectivity index (χ3n) is 6.75. The molecule has 1 aliphatic heterocycles. The quantitative estimate of drug-likeness (QED) is 0.150. The molecular formula is C33H26F3N3O7. The van der Waals surface area contributed by atoms with E-state index < -0.39 is 48.5 Å². The fraction of sp³-hybridized carbons (Fsp3) is 0.182. The second-order valence-corrected chi connectivity index (χ2v) is 9.76. The van der Waals surface area contributed by atoms with Gasteiger partial charge in [0, 0.05) is 5.70 Å². The molecule has 10 nitrogen and oxygen atoms in total. The maximum absolute atomic E-state index is 14.1. The van der Waals surface area contributed by atoms with Gasteiger partial charge in [0.1, 0.15) is 19.3 Å². The van der Waals surface area contributed by atoms with Crippen LogP contribution in [-0.2, 0) is 36.6 Å². The first-order valence-electron chi connectivity index (χ1n) is 13.6. The Morgan fingerprint density at radius 2 is 1.67 bits per heavy atom. The molecule has 0 spiro atoms. The van der Waals surface area contributed by atoms with Gasteiger partial charge in [0.05, 0.1) is 28.5 Å². The van der Waals surface area contributed by atoms with Gasteiger partial charge in [0.15, 0.2) is 6.61 Å². The summed E-state index contributed by atoms with van der Waals surface area (Å²) in [5, 5.41) is 9.27. The summed E-state index contributed by atoms with van der Waals surface area (Å²) < 4.78 is 56.4. The molecule has 236 valence electrons. The average Bonchev–Trinajstić information content (AvgIpc) is 3.05. The van der Waals surface area contributed by atoms with Crippen LogP contribution >= 0.6 is 0 Å². The molecule has 3 aromatic carbocycles. The summed E-state index contributed by atoms with van der Waals surface area (Å²) in [6.07, 6.45) is -4.91. The molecule has 1 unspecified atom stereocenters. The molecule has 1 atom stereocenters. The number of benzene rings is 3. The number of hydrogen-bond acceptors (Lipinski definition) is 8. The molecule has 1 aliphatic rings. The first-order valence-corrected chi connectivity index (χ1v) is 13.6. The van der Waals surface area contributed by atoms with Gasteiger partial charge in [-0.15, -0.1) is 0 Å². The van der Waals surface area contributed by atoms with Gasteiger partial charge in [0.2, 0.25) is 0 Å². The van der Waals surface area contributed by atoms with Gasteiger partial charge in [-0.3, -0.25) is 4.90 Å². The summed E-state index contributed by atoms with van der Waals surface area (Å²) in [6, 6.07) is 17.1. The maximum Gasteiger partial charge on any atom is 0.419 e. The van der Waals surface area contributed by atoms with Crippen molar-refractivity contribution in [2.24, 2.45) is 0 Å². The van der Waals surface area contributed by atoms with Gasteiger partial charge in [-0.1, -0.05) is 61.2 Å². The first kappa shape index (κ1) is 33.0. The number of carbonyl (C=O) groups excluding carboxylic acids is 4. The van der Waals surface area contributed by atoms with E-state index in [2.05, 4.69) is 6.58 Å². The number of nitrogens with zero attached hydrogens (tertiary/aromatic N) is 3. The number of esters is 2. The third-order valence-corrected chi connectivity index (χ3v) is 6.75. The second-order valence-electron chi connectivity index (χ2n) is 9.76. The molecule has 3 amide bonds. The highest BCUT2D eigenvalue weighted by atomic mass is 19.4. The van der Waals surface area contributed by atoms with E-state index in [9.17, 15) is 37.6 Å². The summed E-state index contributed by atoms with van der Waals surface area (Å²) in [7, 11) is 0. The predicted octanol–water partition coefficient (Wildman–Crippen LogP) is 6.44. The van der Waals surface area contributed by atoms with Crippen LogP contribution < -0.4 is 4.90 Å². The lowest BCUT2D eigenvalue weighted by atomic mass is 9.92. The number of anilines is 1. The smallest absolute Gasteiger partial charge is 0.419 e. The zero-order valence-electron chi connectivity index (χ0n) is 24.3. The van der Waals surface area contributed by atoms with Crippen molar-refractivity contribution in [3.8, 4) is 6.07 Å². The Hall–Kier alpha value is -5.90. The van der Waals surface area contributed by atoms with E-state index in [1.165, 1.54) is 43.3 Å². The molecule has 13 heteroatoms. The Balaban J connectivity index is 1.78. The van der Waals surface area contributed by atoms with E-state index in [0.717, 1.165) is 17.0 Å². The molecule has 0 saturated carbocycles. The monoisotopic (exact) mass is 633 g/mol. The molecule has 3 aromatic rings. The number of rotatable bonds is 9. The van der Waals surface area contributed by atoms with Crippen molar-refractivity contribution in [3.63, 3.8) is 0 Å². The maximum atomic E-state index is 14.1. The molecule has 0 saturated heterocycles. The molecule has 0 bridgehead atoms. The predicted molar refractivity (Wildman–Crippen MR) is 156 cm³/mol. The van der Waals surface area contributed by atoms with Crippen molar-refractivity contribution in [2.75, 3.05) is 18.1 Å². The van der Waals surface area contributed by atoms with E-state index in [1.54, 1.807) is 30.3 Å². The summed E-state index contributed by atoms with van der Waals surface area (Å²) in [5.41, 5.74) is -0.802. The van der Waals surface area contributed by atoms with E-state index in [4.69, 9.17) is 14.2 Å². The largest absolute Gasteiger partial charge is 0.458 e. The van der Waals surface area contributed by atoms with Crippen LogP contribution in [0, 0.1) is 11.3 Å². The van der Waals surface area contributed by atoms with E-state index in [-0.39, 0.29) is 41.3 Å². The highest BCUT2D eigenvalue weighted by Gasteiger charge is 2.47. The van der Waals surface area contributed by atoms with Crippen LogP contribution in [0.25, 0.3) is 0 Å². The van der Waals surface area contributed by atoms with Crippen molar-refractivity contribution in [3.05, 3.63) is 125 Å². The SMILES string of the molecule is C=CCOC(=O)C1=C(C)N(c2cccc(C(F)(F)F)c2)C(=O)N(C(=O)OCC(=O)OCc2ccccc2)C1c1ccc(C#N)cc1. The molecule has 4 rings (SSSR count). The number of allylic oxidation sites excluding steroid dienone is 1. The summed E-state index contributed by atoms with van der Waals surface area (Å²) >= 11 is 0. The molecule has 0 aromatic heterocycles. The topological polar surface area (TPSA) is 126 Å². The van der Waals surface area contributed by atoms with Crippen LogP contribution in [0.1, 0.15) is 35.2 Å². The van der Waals surface area contributed by atoms with E-state index >= 15 is 0 Å². The standard InChI is InChI=1S/C33H26F3N3O7/c1-3-16-44-30(41)28-21(2)38(26-11-7-10-25(17-26)33(34,35)36)31(42)39(29(28)24-14-12-22(18-37)13-15-24)32(43)46-20-27(40)45-19-23-8-5-4-6-9-23/h3-15,17,29H,1,16,19-20H2,2H3. The van der Waals surface area contributed by atoms with Gasteiger partial charge in [-0.2, -0.15) is 18.4 Å². The Morgan fingerprint density at radius 3 is 2.30 bits per heavy atom. The third kappa shape index (κ3) is 7.41. The molecule has 0 aliphatic carbocycles. The minimum absolute atomic E-state index is 0.127.